The number of hydrogen-bond acceptors (Lipinski definition) is 2. The van der Waals surface area contributed by atoms with Gasteiger partial charge >= 0.3 is 0 Å². The Morgan fingerprint density at radius 3 is 3.15 bits per heavy atom. The van der Waals surface area contributed by atoms with Crippen molar-refractivity contribution in [3.63, 3.8) is 0 Å². The molecular weight excluding hydrogens is 184 g/mol. The third-order valence-electron chi connectivity index (χ3n) is 1.90. The third kappa shape index (κ3) is 4.24. The molecule has 0 radical (unpaired) electrons. The van der Waals surface area contributed by atoms with Crippen molar-refractivity contribution >= 4 is 17.3 Å². The zero-order valence-corrected chi connectivity index (χ0v) is 8.53. The first-order valence-electron chi connectivity index (χ1n) is 4.56. The molecule has 0 saturated carbocycles. The average Bonchev–Trinajstić information content (AvgIpc) is 2.16. The fourth-order valence-electron chi connectivity index (χ4n) is 1.26. The van der Waals surface area contributed by atoms with E-state index in [9.17, 15) is 0 Å². The molecule has 0 aromatic carbocycles. The van der Waals surface area contributed by atoms with Gasteiger partial charge in [0.25, 0.3) is 0 Å². The van der Waals surface area contributed by atoms with Gasteiger partial charge in [-0.05, 0) is 25.1 Å². The van der Waals surface area contributed by atoms with Crippen LogP contribution in [0.2, 0.25) is 0 Å². The van der Waals surface area contributed by atoms with Crippen LogP contribution in [-0.2, 0) is 4.74 Å². The Bertz CT molecular complexity index is 178. The van der Waals surface area contributed by atoms with Gasteiger partial charge in [0, 0.05) is 13.2 Å². The Morgan fingerprint density at radius 1 is 1.69 bits per heavy atom. The van der Waals surface area contributed by atoms with Gasteiger partial charge in [0.15, 0.2) is 5.11 Å². The van der Waals surface area contributed by atoms with Gasteiger partial charge in [0.2, 0.25) is 0 Å². The second-order valence-corrected chi connectivity index (χ2v) is 3.47. The molecule has 1 atom stereocenters. The highest BCUT2D eigenvalue weighted by atomic mass is 32.1. The lowest BCUT2D eigenvalue weighted by atomic mass is 10.1. The molecule has 1 fully saturated rings. The van der Waals surface area contributed by atoms with Gasteiger partial charge in [-0.2, -0.15) is 0 Å². The van der Waals surface area contributed by atoms with Crippen LogP contribution in [0.25, 0.3) is 0 Å². The molecule has 1 aliphatic rings. The molecule has 0 unspecified atom stereocenters. The van der Waals surface area contributed by atoms with E-state index in [1.165, 1.54) is 0 Å². The number of hydrogen-bond donors (Lipinski definition) is 2. The maximum absolute atomic E-state index is 5.32. The maximum atomic E-state index is 5.32. The van der Waals surface area contributed by atoms with E-state index in [1.807, 2.05) is 0 Å². The summed E-state index contributed by atoms with van der Waals surface area (Å²) >= 11 is 5.07. The lowest BCUT2D eigenvalue weighted by molar-refractivity contribution is 0.0764. The largest absolute Gasteiger partial charge is 0.379 e. The average molecular weight is 200 g/mol. The summed E-state index contributed by atoms with van der Waals surface area (Å²) < 4.78 is 5.32. The molecule has 0 bridgehead atoms. The van der Waals surface area contributed by atoms with Crippen molar-refractivity contribution in [2.24, 2.45) is 0 Å². The van der Waals surface area contributed by atoms with E-state index in [1.54, 1.807) is 6.08 Å². The zero-order chi connectivity index (χ0) is 9.52. The minimum atomic E-state index is 0.374. The lowest BCUT2D eigenvalue weighted by Crippen LogP contribution is -2.45. The second-order valence-electron chi connectivity index (χ2n) is 3.06. The van der Waals surface area contributed by atoms with Crippen LogP contribution in [-0.4, -0.2) is 30.9 Å². The Labute approximate surface area is 84.5 Å². The molecule has 4 heteroatoms. The highest BCUT2D eigenvalue weighted by Crippen LogP contribution is 2.05. The van der Waals surface area contributed by atoms with Crippen molar-refractivity contribution in [1.29, 1.82) is 0 Å². The molecule has 0 spiro atoms. The van der Waals surface area contributed by atoms with Crippen LogP contribution in [0.1, 0.15) is 12.8 Å². The molecular formula is C9H16N2OS. The van der Waals surface area contributed by atoms with E-state index < -0.39 is 0 Å². The Kier molecular flexibility index (Phi) is 4.78. The SMILES string of the molecule is C=CCNC(=S)N[C@H]1CCCOC1. The summed E-state index contributed by atoms with van der Waals surface area (Å²) in [6.07, 6.45) is 4.03. The van der Waals surface area contributed by atoms with Gasteiger partial charge in [-0.15, -0.1) is 6.58 Å². The zero-order valence-electron chi connectivity index (χ0n) is 7.71. The maximum Gasteiger partial charge on any atom is 0.166 e. The molecule has 3 nitrogen and oxygen atoms in total. The van der Waals surface area contributed by atoms with Gasteiger partial charge in [-0.25, -0.2) is 0 Å². The first-order chi connectivity index (χ1) is 6.33. The second kappa shape index (κ2) is 5.94. The van der Waals surface area contributed by atoms with Crippen molar-refractivity contribution in [2.45, 2.75) is 18.9 Å². The molecule has 1 rings (SSSR count). The summed E-state index contributed by atoms with van der Waals surface area (Å²) in [5, 5.41) is 6.92. The van der Waals surface area contributed by atoms with Crippen molar-refractivity contribution in [2.75, 3.05) is 19.8 Å². The normalized spacial score (nSPS) is 22.0. The van der Waals surface area contributed by atoms with E-state index in [-0.39, 0.29) is 0 Å². The van der Waals surface area contributed by atoms with Crippen LogP contribution >= 0.6 is 12.2 Å². The Morgan fingerprint density at radius 2 is 2.54 bits per heavy atom. The number of rotatable bonds is 3. The third-order valence-corrected chi connectivity index (χ3v) is 2.16. The van der Waals surface area contributed by atoms with E-state index >= 15 is 0 Å². The molecule has 1 saturated heterocycles. The first kappa shape index (κ1) is 10.5. The lowest BCUT2D eigenvalue weighted by Gasteiger charge is -2.24. The standard InChI is InChI=1S/C9H16N2OS/c1-2-5-10-9(13)11-8-4-3-6-12-7-8/h2,8H,1,3-7H2,(H2,10,11,13)/t8-/m0/s1. The van der Waals surface area contributed by atoms with Crippen LogP contribution in [0, 0.1) is 0 Å². The summed E-state index contributed by atoms with van der Waals surface area (Å²) in [6, 6.07) is 0.374. The topological polar surface area (TPSA) is 33.3 Å². The van der Waals surface area contributed by atoms with Gasteiger partial charge in [-0.3, -0.25) is 0 Å². The molecule has 1 aliphatic heterocycles. The van der Waals surface area contributed by atoms with Crippen molar-refractivity contribution < 1.29 is 4.74 Å². The fourth-order valence-corrected chi connectivity index (χ4v) is 1.51. The summed E-state index contributed by atoms with van der Waals surface area (Å²) in [6.45, 7) is 5.95. The molecule has 0 aromatic heterocycles. The number of nitrogens with one attached hydrogen (secondary N) is 2. The van der Waals surface area contributed by atoms with Gasteiger partial charge in [0.1, 0.15) is 0 Å². The summed E-state index contributed by atoms with van der Waals surface area (Å²) in [5.74, 6) is 0. The summed E-state index contributed by atoms with van der Waals surface area (Å²) in [4.78, 5) is 0. The first-order valence-corrected chi connectivity index (χ1v) is 4.96. The van der Waals surface area contributed by atoms with E-state index in [4.69, 9.17) is 17.0 Å². The molecule has 2 N–H and O–H groups in total. The number of thiocarbonyl (C=S) groups is 1. The predicted octanol–water partition coefficient (Wildman–Crippen LogP) is 0.815. The van der Waals surface area contributed by atoms with Gasteiger partial charge in [0.05, 0.1) is 12.6 Å². The molecule has 74 valence electrons. The Balaban J connectivity index is 2.14. The van der Waals surface area contributed by atoms with Crippen molar-refractivity contribution in [3.8, 4) is 0 Å². The van der Waals surface area contributed by atoms with Crippen LogP contribution in [0.3, 0.4) is 0 Å². The molecule has 13 heavy (non-hydrogen) atoms. The van der Waals surface area contributed by atoms with Crippen LogP contribution in [0.5, 0.6) is 0 Å². The highest BCUT2D eigenvalue weighted by Gasteiger charge is 2.13. The molecule has 1 heterocycles. The van der Waals surface area contributed by atoms with E-state index in [0.717, 1.165) is 26.1 Å². The fraction of sp³-hybridized carbons (Fsp3) is 0.667. The van der Waals surface area contributed by atoms with Crippen LogP contribution < -0.4 is 10.6 Å². The minimum absolute atomic E-state index is 0.374. The predicted molar refractivity (Wildman–Crippen MR) is 57.8 cm³/mol. The minimum Gasteiger partial charge on any atom is -0.379 e. The monoisotopic (exact) mass is 200 g/mol. The van der Waals surface area contributed by atoms with Crippen molar-refractivity contribution in [1.82, 2.24) is 10.6 Å². The van der Waals surface area contributed by atoms with E-state index in [2.05, 4.69) is 17.2 Å². The molecule has 0 aliphatic carbocycles. The summed E-state index contributed by atoms with van der Waals surface area (Å²) in [5.41, 5.74) is 0. The highest BCUT2D eigenvalue weighted by molar-refractivity contribution is 7.80. The molecule has 0 amide bonds. The molecule has 0 aromatic rings. The van der Waals surface area contributed by atoms with Gasteiger partial charge < -0.3 is 15.4 Å². The van der Waals surface area contributed by atoms with E-state index in [0.29, 0.717) is 17.7 Å². The summed E-state index contributed by atoms with van der Waals surface area (Å²) in [7, 11) is 0. The van der Waals surface area contributed by atoms with Gasteiger partial charge in [-0.1, -0.05) is 6.08 Å². The quantitative estimate of drug-likeness (QED) is 0.522. The smallest absolute Gasteiger partial charge is 0.166 e. The van der Waals surface area contributed by atoms with Crippen LogP contribution in [0.4, 0.5) is 0 Å². The number of ether oxygens (including phenoxy) is 1. The Hall–Kier alpha value is -0.610. The van der Waals surface area contributed by atoms with Crippen LogP contribution in [0.15, 0.2) is 12.7 Å². The van der Waals surface area contributed by atoms with Crippen molar-refractivity contribution in [3.05, 3.63) is 12.7 Å².